The summed E-state index contributed by atoms with van der Waals surface area (Å²) in [7, 11) is 0. The molecule has 0 bridgehead atoms. The highest BCUT2D eigenvalue weighted by atomic mass is 79.9. The Morgan fingerprint density at radius 2 is 1.94 bits per heavy atom. The summed E-state index contributed by atoms with van der Waals surface area (Å²) in [6.07, 6.45) is 1.61. The SMILES string of the molecule is Cc1cc(F)ccc1CN(Cc1nncn1Cc1ccc(C#N)cc1)C(=O)c1cccc(Br)n1. The summed E-state index contributed by atoms with van der Waals surface area (Å²) in [6, 6.07) is 19.0. The summed E-state index contributed by atoms with van der Waals surface area (Å²) >= 11 is 3.32. The van der Waals surface area contributed by atoms with E-state index in [1.165, 1.54) is 12.1 Å². The van der Waals surface area contributed by atoms with Crippen LogP contribution in [0.2, 0.25) is 0 Å². The first-order chi connectivity index (χ1) is 16.4. The zero-order chi connectivity index (χ0) is 24.1. The Hall–Kier alpha value is -3.90. The van der Waals surface area contributed by atoms with Gasteiger partial charge in [0.05, 0.1) is 24.7 Å². The summed E-state index contributed by atoms with van der Waals surface area (Å²) < 4.78 is 16.0. The number of hydrogen-bond acceptors (Lipinski definition) is 5. The number of aryl methyl sites for hydroxylation is 1. The number of carbonyl (C=O) groups is 1. The second-order valence-electron chi connectivity index (χ2n) is 7.76. The molecule has 0 saturated heterocycles. The van der Waals surface area contributed by atoms with Gasteiger partial charge in [-0.25, -0.2) is 9.37 Å². The van der Waals surface area contributed by atoms with Crippen molar-refractivity contribution in [2.45, 2.75) is 26.6 Å². The number of halogens is 2. The average Bonchev–Trinajstić information content (AvgIpc) is 3.26. The normalized spacial score (nSPS) is 10.6. The molecule has 0 N–H and O–H groups in total. The van der Waals surface area contributed by atoms with Crippen molar-refractivity contribution in [3.8, 4) is 6.07 Å². The van der Waals surface area contributed by atoms with Gasteiger partial charge in [0.25, 0.3) is 5.91 Å². The lowest BCUT2D eigenvalue weighted by molar-refractivity contribution is 0.0717. The minimum absolute atomic E-state index is 0.181. The van der Waals surface area contributed by atoms with Crippen LogP contribution in [-0.2, 0) is 19.6 Å². The van der Waals surface area contributed by atoms with E-state index in [1.54, 1.807) is 47.6 Å². The molecule has 0 atom stereocenters. The molecule has 1 amide bonds. The number of nitriles is 1. The first kappa shape index (κ1) is 23.3. The van der Waals surface area contributed by atoms with Gasteiger partial charge in [0.1, 0.15) is 22.4 Å². The molecule has 0 saturated carbocycles. The lowest BCUT2D eigenvalue weighted by Gasteiger charge is -2.23. The van der Waals surface area contributed by atoms with Crippen LogP contribution in [0.25, 0.3) is 0 Å². The van der Waals surface area contributed by atoms with Crippen LogP contribution in [0.1, 0.15) is 38.6 Å². The highest BCUT2D eigenvalue weighted by Crippen LogP contribution is 2.18. The van der Waals surface area contributed by atoms with Crippen LogP contribution in [0.15, 0.2) is 71.6 Å². The summed E-state index contributed by atoms with van der Waals surface area (Å²) in [4.78, 5) is 19.4. The van der Waals surface area contributed by atoms with Gasteiger partial charge in [0.2, 0.25) is 0 Å². The fourth-order valence-electron chi connectivity index (χ4n) is 3.52. The van der Waals surface area contributed by atoms with E-state index in [4.69, 9.17) is 5.26 Å². The van der Waals surface area contributed by atoms with Crippen LogP contribution in [0, 0.1) is 24.1 Å². The van der Waals surface area contributed by atoms with Gasteiger partial charge in [0, 0.05) is 6.54 Å². The number of rotatable bonds is 7. The first-order valence-corrected chi connectivity index (χ1v) is 11.2. The van der Waals surface area contributed by atoms with E-state index in [0.717, 1.165) is 16.7 Å². The molecule has 0 aliphatic heterocycles. The van der Waals surface area contributed by atoms with Crippen LogP contribution >= 0.6 is 15.9 Å². The number of aromatic nitrogens is 4. The lowest BCUT2D eigenvalue weighted by Crippen LogP contribution is -2.32. The fourth-order valence-corrected chi connectivity index (χ4v) is 3.86. The van der Waals surface area contributed by atoms with Crippen LogP contribution in [0.4, 0.5) is 4.39 Å². The van der Waals surface area contributed by atoms with E-state index in [9.17, 15) is 9.18 Å². The van der Waals surface area contributed by atoms with Gasteiger partial charge in [0.15, 0.2) is 5.82 Å². The zero-order valence-electron chi connectivity index (χ0n) is 18.3. The smallest absolute Gasteiger partial charge is 0.273 e. The fraction of sp³-hybridized carbons (Fsp3) is 0.160. The topological polar surface area (TPSA) is 87.7 Å². The first-order valence-electron chi connectivity index (χ1n) is 10.5. The van der Waals surface area contributed by atoms with Gasteiger partial charge < -0.3 is 9.47 Å². The molecule has 0 radical (unpaired) electrons. The number of amides is 1. The molecular formula is C25H20BrFN6O. The molecule has 9 heteroatoms. The highest BCUT2D eigenvalue weighted by molar-refractivity contribution is 9.10. The largest absolute Gasteiger partial charge is 0.325 e. The molecule has 170 valence electrons. The van der Waals surface area contributed by atoms with E-state index in [-0.39, 0.29) is 30.5 Å². The molecule has 34 heavy (non-hydrogen) atoms. The van der Waals surface area contributed by atoms with Gasteiger partial charge in [-0.3, -0.25) is 4.79 Å². The number of carbonyl (C=O) groups excluding carboxylic acids is 1. The molecule has 0 aliphatic rings. The molecule has 0 aliphatic carbocycles. The predicted molar refractivity (Wildman–Crippen MR) is 127 cm³/mol. The van der Waals surface area contributed by atoms with Crippen molar-refractivity contribution in [2.24, 2.45) is 0 Å². The van der Waals surface area contributed by atoms with Gasteiger partial charge in [-0.15, -0.1) is 10.2 Å². The quantitative estimate of drug-likeness (QED) is 0.332. The Morgan fingerprint density at radius 1 is 1.15 bits per heavy atom. The maximum atomic E-state index is 13.6. The van der Waals surface area contributed by atoms with Crippen molar-refractivity contribution in [3.05, 3.63) is 111 Å². The van der Waals surface area contributed by atoms with Crippen molar-refractivity contribution >= 4 is 21.8 Å². The molecule has 7 nitrogen and oxygen atoms in total. The van der Waals surface area contributed by atoms with Crippen molar-refractivity contribution < 1.29 is 9.18 Å². The maximum Gasteiger partial charge on any atom is 0.273 e. The monoisotopic (exact) mass is 518 g/mol. The third-order valence-electron chi connectivity index (χ3n) is 5.35. The molecule has 2 aromatic carbocycles. The lowest BCUT2D eigenvalue weighted by atomic mass is 10.1. The van der Waals surface area contributed by atoms with E-state index >= 15 is 0 Å². The van der Waals surface area contributed by atoms with Crippen LogP contribution < -0.4 is 0 Å². The van der Waals surface area contributed by atoms with Gasteiger partial charge in [-0.05, 0) is 75.9 Å². The summed E-state index contributed by atoms with van der Waals surface area (Å²) in [5, 5.41) is 17.3. The molecule has 2 aromatic heterocycles. The molecule has 4 rings (SSSR count). The third kappa shape index (κ3) is 5.53. The standard InChI is InChI=1S/C25H20BrFN6O/c1-17-11-21(27)10-9-20(17)14-32(25(34)22-3-2-4-23(26)30-22)15-24-31-29-16-33(24)13-19-7-5-18(12-28)6-8-19/h2-11,16H,13-15H2,1H3. The van der Waals surface area contributed by atoms with E-state index < -0.39 is 0 Å². The van der Waals surface area contributed by atoms with E-state index in [1.807, 2.05) is 23.6 Å². The Morgan fingerprint density at radius 3 is 2.65 bits per heavy atom. The number of pyridine rings is 1. The molecule has 0 fully saturated rings. The number of nitrogens with zero attached hydrogens (tertiary/aromatic N) is 6. The second-order valence-corrected chi connectivity index (χ2v) is 8.57. The van der Waals surface area contributed by atoms with E-state index in [2.05, 4.69) is 37.2 Å². The Balaban J connectivity index is 1.62. The van der Waals surface area contributed by atoms with Crippen LogP contribution in [0.3, 0.4) is 0 Å². The van der Waals surface area contributed by atoms with Gasteiger partial charge in [-0.2, -0.15) is 5.26 Å². The predicted octanol–water partition coefficient (Wildman–Crippen LogP) is 4.65. The minimum Gasteiger partial charge on any atom is -0.325 e. The van der Waals surface area contributed by atoms with Crippen molar-refractivity contribution in [1.82, 2.24) is 24.6 Å². The Labute approximate surface area is 204 Å². The molecule has 0 unspecified atom stereocenters. The highest BCUT2D eigenvalue weighted by Gasteiger charge is 2.21. The summed E-state index contributed by atoms with van der Waals surface area (Å²) in [5.74, 6) is -0.0136. The molecular weight excluding hydrogens is 499 g/mol. The molecule has 2 heterocycles. The van der Waals surface area contributed by atoms with E-state index in [0.29, 0.717) is 22.5 Å². The van der Waals surface area contributed by atoms with Crippen LogP contribution in [-0.4, -0.2) is 30.6 Å². The Kier molecular flexibility index (Phi) is 7.09. The second kappa shape index (κ2) is 10.4. The zero-order valence-corrected chi connectivity index (χ0v) is 19.9. The van der Waals surface area contributed by atoms with Gasteiger partial charge >= 0.3 is 0 Å². The van der Waals surface area contributed by atoms with Gasteiger partial charge in [-0.1, -0.05) is 24.3 Å². The van der Waals surface area contributed by atoms with Crippen molar-refractivity contribution in [1.29, 1.82) is 5.26 Å². The van der Waals surface area contributed by atoms with Crippen molar-refractivity contribution in [2.75, 3.05) is 0 Å². The minimum atomic E-state index is -0.324. The average molecular weight is 519 g/mol. The third-order valence-corrected chi connectivity index (χ3v) is 5.79. The molecule has 0 spiro atoms. The Bertz CT molecular complexity index is 1360. The summed E-state index contributed by atoms with van der Waals surface area (Å²) in [5.41, 5.74) is 3.41. The maximum absolute atomic E-state index is 13.6. The number of hydrogen-bond donors (Lipinski definition) is 0. The van der Waals surface area contributed by atoms with Crippen molar-refractivity contribution in [3.63, 3.8) is 0 Å². The summed E-state index contributed by atoms with van der Waals surface area (Å²) in [6.45, 7) is 2.73. The number of benzene rings is 2. The van der Waals surface area contributed by atoms with Crippen LogP contribution in [0.5, 0.6) is 0 Å². The molecule has 4 aromatic rings.